The van der Waals surface area contributed by atoms with Gasteiger partial charge in [-0.2, -0.15) is 0 Å². The van der Waals surface area contributed by atoms with Gasteiger partial charge in [-0.25, -0.2) is 9.97 Å². The van der Waals surface area contributed by atoms with E-state index in [0.717, 1.165) is 0 Å². The van der Waals surface area contributed by atoms with Crippen LogP contribution in [0.3, 0.4) is 0 Å². The fourth-order valence-corrected chi connectivity index (χ4v) is 0.858. The molecule has 1 atom stereocenters. The van der Waals surface area contributed by atoms with Crippen LogP contribution in [0.15, 0.2) is 12.4 Å². The van der Waals surface area contributed by atoms with Crippen molar-refractivity contribution in [1.29, 1.82) is 0 Å². The molecule has 116 valence electrons. The third kappa shape index (κ3) is 10.2. The molecule has 0 fully saturated rings. The van der Waals surface area contributed by atoms with Gasteiger partial charge >= 0.3 is 0 Å². The van der Waals surface area contributed by atoms with Crippen molar-refractivity contribution in [3.8, 4) is 5.75 Å². The molecule has 0 spiro atoms. The van der Waals surface area contributed by atoms with Crippen LogP contribution >= 0.6 is 0 Å². The number of hydrogen-bond acceptors (Lipinski definition) is 6. The van der Waals surface area contributed by atoms with Gasteiger partial charge in [-0.05, 0) is 0 Å². The van der Waals surface area contributed by atoms with E-state index in [-0.39, 0.29) is 25.1 Å². The predicted octanol–water partition coefficient (Wildman–Crippen LogP) is 1.22. The van der Waals surface area contributed by atoms with Crippen LogP contribution in [0.2, 0.25) is 0 Å². The summed E-state index contributed by atoms with van der Waals surface area (Å²) in [4.78, 5) is 18.3. The van der Waals surface area contributed by atoms with Gasteiger partial charge in [-0.1, -0.05) is 27.7 Å². The summed E-state index contributed by atoms with van der Waals surface area (Å²) in [5, 5.41) is 20.0. The molecule has 1 rings (SSSR count). The molecule has 3 N–H and O–H groups in total. The summed E-state index contributed by atoms with van der Waals surface area (Å²) in [5.74, 6) is 0.272. The predicted molar refractivity (Wildman–Crippen MR) is 77.6 cm³/mol. The van der Waals surface area contributed by atoms with Crippen LogP contribution in [-0.4, -0.2) is 45.4 Å². The second kappa shape index (κ2) is 13.7. The molecule has 20 heavy (non-hydrogen) atoms. The van der Waals surface area contributed by atoms with E-state index >= 15 is 0 Å². The maximum Gasteiger partial charge on any atom is 0.229 e. The van der Waals surface area contributed by atoms with Gasteiger partial charge in [0, 0.05) is 6.92 Å². The number of nitrogens with zero attached hydrogens (tertiary/aromatic N) is 2. The van der Waals surface area contributed by atoms with Crippen LogP contribution in [0.1, 0.15) is 34.6 Å². The van der Waals surface area contributed by atoms with Gasteiger partial charge in [0.1, 0.15) is 12.7 Å². The Kier molecular flexibility index (Phi) is 14.1. The second-order valence-electron chi connectivity index (χ2n) is 3.07. The van der Waals surface area contributed by atoms with Crippen molar-refractivity contribution in [2.75, 3.05) is 18.5 Å². The van der Waals surface area contributed by atoms with Gasteiger partial charge in [0.05, 0.1) is 19.0 Å². The fourth-order valence-electron chi connectivity index (χ4n) is 0.858. The average Bonchev–Trinajstić information content (AvgIpc) is 2.49. The van der Waals surface area contributed by atoms with Crippen LogP contribution in [-0.2, 0) is 4.79 Å². The first-order chi connectivity index (χ1) is 9.61. The minimum atomic E-state index is -0.935. The molecule has 1 unspecified atom stereocenters. The van der Waals surface area contributed by atoms with Gasteiger partial charge in [-0.15, -0.1) is 0 Å². The molecule has 1 aromatic rings. The Morgan fingerprint density at radius 2 is 1.80 bits per heavy atom. The summed E-state index contributed by atoms with van der Waals surface area (Å²) < 4.78 is 5.07. The number of aliphatic hydroxyl groups excluding tert-OH is 2. The van der Waals surface area contributed by atoms with E-state index in [2.05, 4.69) is 15.3 Å². The van der Waals surface area contributed by atoms with Gasteiger partial charge in [0.2, 0.25) is 11.9 Å². The van der Waals surface area contributed by atoms with Crippen molar-refractivity contribution in [3.05, 3.63) is 12.4 Å². The summed E-state index contributed by atoms with van der Waals surface area (Å²) in [6.45, 7) is 8.94. The topological polar surface area (TPSA) is 105 Å². The number of carbonyl (C=O) groups is 1. The quantitative estimate of drug-likeness (QED) is 0.752. The van der Waals surface area contributed by atoms with Crippen LogP contribution in [0, 0.1) is 0 Å². The molecule has 1 amide bonds. The number of aromatic nitrogens is 2. The van der Waals surface area contributed by atoms with E-state index in [4.69, 9.17) is 14.9 Å². The van der Waals surface area contributed by atoms with E-state index in [1.54, 1.807) is 0 Å². The Bertz CT molecular complexity index is 344. The van der Waals surface area contributed by atoms with Gasteiger partial charge in [0.25, 0.3) is 0 Å². The first-order valence-corrected chi connectivity index (χ1v) is 6.63. The van der Waals surface area contributed by atoms with Gasteiger partial charge < -0.3 is 14.9 Å². The average molecular weight is 287 g/mol. The number of hydrogen-bond donors (Lipinski definition) is 3. The number of aliphatic hydroxyl groups is 2. The zero-order valence-corrected chi connectivity index (χ0v) is 12.8. The van der Waals surface area contributed by atoms with Crippen LogP contribution in [0.4, 0.5) is 5.95 Å². The molecule has 0 aliphatic carbocycles. The monoisotopic (exact) mass is 287 g/mol. The smallest absolute Gasteiger partial charge is 0.229 e. The lowest BCUT2D eigenvalue weighted by Crippen LogP contribution is -2.21. The fraction of sp³-hybridized carbons (Fsp3) is 0.615. The number of anilines is 1. The Morgan fingerprint density at radius 1 is 1.30 bits per heavy atom. The van der Waals surface area contributed by atoms with Crippen LogP contribution in [0.25, 0.3) is 0 Å². The van der Waals surface area contributed by atoms with Crippen molar-refractivity contribution in [3.63, 3.8) is 0 Å². The molecular formula is C13H25N3O4. The van der Waals surface area contributed by atoms with E-state index in [1.165, 1.54) is 19.3 Å². The maximum absolute atomic E-state index is 10.7. The van der Waals surface area contributed by atoms with E-state index in [1.807, 2.05) is 27.7 Å². The minimum absolute atomic E-state index is 0.0423. The summed E-state index contributed by atoms with van der Waals surface area (Å²) >= 11 is 0. The van der Waals surface area contributed by atoms with Crippen LogP contribution < -0.4 is 10.1 Å². The number of nitrogens with one attached hydrogen (secondary N) is 1. The molecule has 0 aliphatic heterocycles. The molecule has 0 aromatic carbocycles. The lowest BCUT2D eigenvalue weighted by molar-refractivity contribution is -0.114. The summed E-state index contributed by atoms with van der Waals surface area (Å²) in [6, 6.07) is 0. The highest BCUT2D eigenvalue weighted by atomic mass is 16.5. The lowest BCUT2D eigenvalue weighted by atomic mass is 10.4. The Balaban J connectivity index is 0. The normalized spacial score (nSPS) is 10.2. The Morgan fingerprint density at radius 3 is 2.20 bits per heavy atom. The Labute approximate surface area is 120 Å². The van der Waals surface area contributed by atoms with Gasteiger partial charge in [-0.3, -0.25) is 10.1 Å². The highest BCUT2D eigenvalue weighted by Crippen LogP contribution is 2.08. The highest BCUT2D eigenvalue weighted by Gasteiger charge is 2.04. The molecule has 7 nitrogen and oxygen atoms in total. The molecule has 0 radical (unpaired) electrons. The standard InChI is InChI=1S/C9H13N3O4.2C2H6/c1-6(14)12-9-10-2-8(3-11-9)16-5-7(15)4-13;2*1-2/h2-3,7,13,15H,4-5H2,1H3,(H,10,11,12,14);2*1-2H3. The second-order valence-corrected chi connectivity index (χ2v) is 3.07. The third-order valence-electron chi connectivity index (χ3n) is 1.57. The summed E-state index contributed by atoms with van der Waals surface area (Å²) in [5.41, 5.74) is 0. The third-order valence-corrected chi connectivity index (χ3v) is 1.57. The lowest BCUT2D eigenvalue weighted by Gasteiger charge is -2.09. The first-order valence-electron chi connectivity index (χ1n) is 6.63. The molecule has 7 heteroatoms. The Hall–Kier alpha value is -1.73. The first kappa shape index (κ1) is 20.6. The van der Waals surface area contributed by atoms with Crippen molar-refractivity contribution < 1.29 is 19.7 Å². The number of carbonyl (C=O) groups excluding carboxylic acids is 1. The SMILES string of the molecule is CC.CC.CC(=O)Nc1ncc(OCC(O)CO)cn1. The zero-order valence-electron chi connectivity index (χ0n) is 12.8. The highest BCUT2D eigenvalue weighted by molar-refractivity contribution is 5.86. The van der Waals surface area contributed by atoms with E-state index in [9.17, 15) is 4.79 Å². The largest absolute Gasteiger partial charge is 0.488 e. The molecule has 1 aromatic heterocycles. The molecule has 0 saturated heterocycles. The molecule has 1 heterocycles. The van der Waals surface area contributed by atoms with Crippen molar-refractivity contribution >= 4 is 11.9 Å². The maximum atomic E-state index is 10.7. The number of rotatable bonds is 5. The minimum Gasteiger partial charge on any atom is -0.488 e. The van der Waals surface area contributed by atoms with E-state index < -0.39 is 6.10 Å². The molecule has 0 aliphatic rings. The van der Waals surface area contributed by atoms with Crippen LogP contribution in [0.5, 0.6) is 5.75 Å². The number of ether oxygens (including phenoxy) is 1. The summed E-state index contributed by atoms with van der Waals surface area (Å²) in [6.07, 6.45) is 1.79. The molecular weight excluding hydrogens is 262 g/mol. The van der Waals surface area contributed by atoms with Crippen molar-refractivity contribution in [2.45, 2.75) is 40.7 Å². The zero-order chi connectivity index (χ0) is 16.0. The molecule has 0 saturated carbocycles. The van der Waals surface area contributed by atoms with Crippen molar-refractivity contribution in [1.82, 2.24) is 9.97 Å². The van der Waals surface area contributed by atoms with Gasteiger partial charge in [0.15, 0.2) is 5.75 Å². The number of amides is 1. The van der Waals surface area contributed by atoms with E-state index in [0.29, 0.717) is 5.75 Å². The van der Waals surface area contributed by atoms with Crippen molar-refractivity contribution in [2.24, 2.45) is 0 Å². The summed E-state index contributed by atoms with van der Waals surface area (Å²) in [7, 11) is 0. The molecule has 0 bridgehead atoms.